The predicted molar refractivity (Wildman–Crippen MR) is 258 cm³/mol. The molecule has 3 aromatic heterocycles. The van der Waals surface area contributed by atoms with E-state index in [-0.39, 0.29) is 0 Å². The molecule has 0 fully saturated rings. The third-order valence-corrected chi connectivity index (χ3v) is 12.6. The van der Waals surface area contributed by atoms with E-state index in [9.17, 15) is 0 Å². The van der Waals surface area contributed by atoms with Gasteiger partial charge in [0.1, 0.15) is 22.3 Å². The molecule has 0 spiro atoms. The third-order valence-electron chi connectivity index (χ3n) is 12.6. The Balaban J connectivity index is 1.07. The molecule has 0 unspecified atom stereocenters. The standard InChI is InChI=1S/C58H36N2O2/c1-2-17-40(18-3-1)59-50-26-10-7-23-47(50)56-43(24-13-27-51(56)59)38-16-12-19-41(35-38)60(52-28-14-30-54-57(52)48-34-31-37-15-4-5-21-44(37)58(48)62-54)49-25-9-6-20-42(49)39-32-33-46-45-22-8-11-29-53(45)61-55(46)36-39/h1-36H. The third kappa shape index (κ3) is 5.20. The van der Waals surface area contributed by atoms with Gasteiger partial charge in [-0.15, -0.1) is 0 Å². The lowest BCUT2D eigenvalue weighted by Gasteiger charge is -2.29. The second-order valence-electron chi connectivity index (χ2n) is 16.0. The molecule has 3 heterocycles. The summed E-state index contributed by atoms with van der Waals surface area (Å²) in [6.45, 7) is 0. The first kappa shape index (κ1) is 34.5. The summed E-state index contributed by atoms with van der Waals surface area (Å²) in [6, 6.07) is 78.0. The molecule has 0 aliphatic rings. The Morgan fingerprint density at radius 3 is 1.95 bits per heavy atom. The van der Waals surface area contributed by atoms with Gasteiger partial charge in [0.15, 0.2) is 0 Å². The Morgan fingerprint density at radius 2 is 1.02 bits per heavy atom. The summed E-state index contributed by atoms with van der Waals surface area (Å²) in [4.78, 5) is 2.42. The van der Waals surface area contributed by atoms with Crippen LogP contribution in [-0.2, 0) is 0 Å². The van der Waals surface area contributed by atoms with Crippen LogP contribution >= 0.6 is 0 Å². The smallest absolute Gasteiger partial charge is 0.143 e. The van der Waals surface area contributed by atoms with Crippen molar-refractivity contribution in [1.29, 1.82) is 0 Å². The maximum absolute atomic E-state index is 6.80. The van der Waals surface area contributed by atoms with Crippen LogP contribution < -0.4 is 4.90 Å². The minimum Gasteiger partial charge on any atom is -0.456 e. The summed E-state index contributed by atoms with van der Waals surface area (Å²) in [6.07, 6.45) is 0. The predicted octanol–water partition coefficient (Wildman–Crippen LogP) is 16.5. The van der Waals surface area contributed by atoms with Gasteiger partial charge in [0.2, 0.25) is 0 Å². The highest BCUT2D eigenvalue weighted by molar-refractivity contribution is 6.20. The molecule has 62 heavy (non-hydrogen) atoms. The largest absolute Gasteiger partial charge is 0.456 e. The number of para-hydroxylation sites is 4. The van der Waals surface area contributed by atoms with Crippen LogP contribution in [0.25, 0.3) is 104 Å². The zero-order valence-corrected chi connectivity index (χ0v) is 33.5. The van der Waals surface area contributed by atoms with Crippen molar-refractivity contribution in [2.75, 3.05) is 4.90 Å². The van der Waals surface area contributed by atoms with E-state index >= 15 is 0 Å². The SMILES string of the molecule is c1ccc(-n2c3ccccc3c3c(-c4cccc(N(c5ccccc5-c5ccc6c(c5)oc5ccccc56)c5cccc6oc7c8ccccc8ccc7c56)c4)cccc32)cc1. The van der Waals surface area contributed by atoms with Crippen molar-refractivity contribution in [3.63, 3.8) is 0 Å². The molecule has 0 atom stereocenters. The van der Waals surface area contributed by atoms with Gasteiger partial charge in [-0.3, -0.25) is 0 Å². The average molecular weight is 793 g/mol. The van der Waals surface area contributed by atoms with Crippen molar-refractivity contribution < 1.29 is 8.83 Å². The van der Waals surface area contributed by atoms with Crippen LogP contribution in [0, 0.1) is 0 Å². The highest BCUT2D eigenvalue weighted by Gasteiger charge is 2.24. The van der Waals surface area contributed by atoms with E-state index in [1.165, 1.54) is 27.4 Å². The van der Waals surface area contributed by atoms with Gasteiger partial charge in [-0.05, 0) is 101 Å². The molecule has 0 aliphatic heterocycles. The number of fused-ring (bicyclic) bond motifs is 11. The van der Waals surface area contributed by atoms with Gasteiger partial charge < -0.3 is 18.3 Å². The minimum atomic E-state index is 0.842. The number of anilines is 3. The van der Waals surface area contributed by atoms with Gasteiger partial charge >= 0.3 is 0 Å². The first-order chi connectivity index (χ1) is 30.8. The molecule has 4 nitrogen and oxygen atoms in total. The number of hydrogen-bond donors (Lipinski definition) is 0. The maximum Gasteiger partial charge on any atom is 0.143 e. The molecule has 0 amide bonds. The molecule has 10 aromatic carbocycles. The maximum atomic E-state index is 6.80. The first-order valence-corrected chi connectivity index (χ1v) is 21.1. The lowest BCUT2D eigenvalue weighted by Crippen LogP contribution is -2.11. The number of aromatic nitrogens is 1. The summed E-state index contributed by atoms with van der Waals surface area (Å²) < 4.78 is 15.6. The Kier molecular flexibility index (Phi) is 7.57. The van der Waals surface area contributed by atoms with Crippen LogP contribution in [0.15, 0.2) is 227 Å². The van der Waals surface area contributed by atoms with Crippen molar-refractivity contribution in [3.8, 4) is 27.9 Å². The molecular weight excluding hydrogens is 757 g/mol. The van der Waals surface area contributed by atoms with E-state index in [1.807, 2.05) is 12.1 Å². The van der Waals surface area contributed by atoms with E-state index < -0.39 is 0 Å². The number of nitrogens with zero attached hydrogens (tertiary/aromatic N) is 2. The monoisotopic (exact) mass is 792 g/mol. The van der Waals surface area contributed by atoms with E-state index in [0.29, 0.717) is 0 Å². The molecule has 13 aromatic rings. The highest BCUT2D eigenvalue weighted by Crippen LogP contribution is 2.48. The average Bonchev–Trinajstić information content (AvgIpc) is 4.02. The van der Waals surface area contributed by atoms with Crippen molar-refractivity contribution in [2.24, 2.45) is 0 Å². The van der Waals surface area contributed by atoms with E-state index in [1.54, 1.807) is 0 Å². The molecule has 4 heteroatoms. The van der Waals surface area contributed by atoms with Gasteiger partial charge in [-0.25, -0.2) is 0 Å². The molecule has 0 saturated carbocycles. The summed E-state index contributed by atoms with van der Waals surface area (Å²) in [5.41, 5.74) is 14.6. The van der Waals surface area contributed by atoms with E-state index in [0.717, 1.165) is 94.1 Å². The Hall–Kier alpha value is -8.34. The number of benzene rings is 10. The second kappa shape index (κ2) is 13.6. The molecule has 290 valence electrons. The van der Waals surface area contributed by atoms with Gasteiger partial charge in [-0.2, -0.15) is 0 Å². The van der Waals surface area contributed by atoms with Gasteiger partial charge in [0.05, 0.1) is 27.8 Å². The first-order valence-electron chi connectivity index (χ1n) is 21.1. The van der Waals surface area contributed by atoms with Crippen LogP contribution in [0.1, 0.15) is 0 Å². The number of rotatable bonds is 6. The van der Waals surface area contributed by atoms with Crippen LogP contribution in [0.3, 0.4) is 0 Å². The zero-order valence-electron chi connectivity index (χ0n) is 33.5. The zero-order chi connectivity index (χ0) is 40.7. The fourth-order valence-electron chi connectivity index (χ4n) is 9.86. The topological polar surface area (TPSA) is 34.5 Å². The summed E-state index contributed by atoms with van der Waals surface area (Å²) >= 11 is 0. The van der Waals surface area contributed by atoms with Crippen molar-refractivity contribution in [1.82, 2.24) is 4.57 Å². The minimum absolute atomic E-state index is 0.842. The van der Waals surface area contributed by atoms with Crippen LogP contribution in [0.2, 0.25) is 0 Å². The van der Waals surface area contributed by atoms with E-state index in [4.69, 9.17) is 8.83 Å². The van der Waals surface area contributed by atoms with E-state index in [2.05, 4.69) is 216 Å². The van der Waals surface area contributed by atoms with Crippen LogP contribution in [0.5, 0.6) is 0 Å². The fourth-order valence-corrected chi connectivity index (χ4v) is 9.86. The molecule has 0 radical (unpaired) electrons. The van der Waals surface area contributed by atoms with Gasteiger partial charge in [0, 0.05) is 49.3 Å². The molecule has 0 saturated heterocycles. The molecule has 13 rings (SSSR count). The molecule has 0 N–H and O–H groups in total. The van der Waals surface area contributed by atoms with Crippen LogP contribution in [-0.4, -0.2) is 4.57 Å². The lowest BCUT2D eigenvalue weighted by molar-refractivity contribution is 0.669. The summed E-state index contributed by atoms with van der Waals surface area (Å²) in [5, 5.41) is 9.07. The van der Waals surface area contributed by atoms with Crippen molar-refractivity contribution in [2.45, 2.75) is 0 Å². The van der Waals surface area contributed by atoms with Crippen molar-refractivity contribution in [3.05, 3.63) is 218 Å². The van der Waals surface area contributed by atoms with Gasteiger partial charge in [-0.1, -0.05) is 140 Å². The normalized spacial score (nSPS) is 11.9. The number of furan rings is 2. The summed E-state index contributed by atoms with van der Waals surface area (Å²) in [7, 11) is 0. The highest BCUT2D eigenvalue weighted by atomic mass is 16.3. The Labute approximate surface area is 356 Å². The quantitative estimate of drug-likeness (QED) is 0.168. The molecule has 0 aliphatic carbocycles. The molecular formula is C58H36N2O2. The van der Waals surface area contributed by atoms with Crippen LogP contribution in [0.4, 0.5) is 17.1 Å². The Morgan fingerprint density at radius 1 is 0.355 bits per heavy atom. The fraction of sp³-hybridized carbons (Fsp3) is 0. The Bertz CT molecular complexity index is 3890. The lowest BCUT2D eigenvalue weighted by atomic mass is 9.97. The molecule has 0 bridgehead atoms. The number of hydrogen-bond acceptors (Lipinski definition) is 3. The second-order valence-corrected chi connectivity index (χ2v) is 16.0. The van der Waals surface area contributed by atoms with Crippen molar-refractivity contribution >= 4 is 93.5 Å². The summed E-state index contributed by atoms with van der Waals surface area (Å²) in [5.74, 6) is 0. The van der Waals surface area contributed by atoms with Gasteiger partial charge in [0.25, 0.3) is 0 Å².